The van der Waals surface area contributed by atoms with E-state index in [2.05, 4.69) is 127 Å². The van der Waals surface area contributed by atoms with Gasteiger partial charge in [-0.15, -0.1) is 0 Å². The van der Waals surface area contributed by atoms with Crippen molar-refractivity contribution >= 4 is 98.1 Å². The molecule has 12 aromatic rings. The van der Waals surface area contributed by atoms with Crippen LogP contribution in [0.15, 0.2) is 171 Å². The fourth-order valence-corrected chi connectivity index (χ4v) is 8.63. The SMILES string of the molecule is c1ccc2c(c1)oc1cc(-c3c4ccccc4c(-c4cc5c6ccccc6oc5c5cc6oc7ccccc7c6cc45)c4ccccc34)ccc12. The van der Waals surface area contributed by atoms with Gasteiger partial charge in [0.05, 0.1) is 0 Å². The molecule has 0 saturated carbocycles. The zero-order valence-electron chi connectivity index (χ0n) is 27.2. The minimum atomic E-state index is 0.855. The maximum Gasteiger partial charge on any atom is 0.143 e. The van der Waals surface area contributed by atoms with Crippen LogP contribution in [0.25, 0.3) is 120 Å². The summed E-state index contributed by atoms with van der Waals surface area (Å²) < 4.78 is 19.5. The second-order valence-electron chi connectivity index (χ2n) is 13.5. The normalized spacial score (nSPS) is 12.3. The number of furan rings is 3. The molecule has 0 atom stereocenters. The van der Waals surface area contributed by atoms with Crippen molar-refractivity contribution in [2.45, 2.75) is 0 Å². The molecule has 12 rings (SSSR count). The van der Waals surface area contributed by atoms with Crippen molar-refractivity contribution in [2.24, 2.45) is 0 Å². The van der Waals surface area contributed by atoms with E-state index < -0.39 is 0 Å². The monoisotopic (exact) mass is 650 g/mol. The Morgan fingerprint density at radius 2 is 0.706 bits per heavy atom. The van der Waals surface area contributed by atoms with Crippen LogP contribution in [0, 0.1) is 0 Å². The van der Waals surface area contributed by atoms with Crippen LogP contribution in [-0.4, -0.2) is 0 Å². The van der Waals surface area contributed by atoms with Crippen LogP contribution in [0.3, 0.4) is 0 Å². The molecule has 0 unspecified atom stereocenters. The molecule has 0 amide bonds. The Balaban J connectivity index is 1.24. The van der Waals surface area contributed by atoms with Crippen molar-refractivity contribution in [3.63, 3.8) is 0 Å². The summed E-state index contributed by atoms with van der Waals surface area (Å²) in [6.07, 6.45) is 0. The molecule has 9 aromatic carbocycles. The number of rotatable bonds is 2. The first kappa shape index (κ1) is 27.0. The van der Waals surface area contributed by atoms with Gasteiger partial charge in [-0.25, -0.2) is 0 Å². The summed E-state index contributed by atoms with van der Waals surface area (Å²) in [5.74, 6) is 0. The fraction of sp³-hybridized carbons (Fsp3) is 0. The van der Waals surface area contributed by atoms with Crippen molar-refractivity contribution in [1.29, 1.82) is 0 Å². The van der Waals surface area contributed by atoms with Gasteiger partial charge in [0.15, 0.2) is 0 Å². The van der Waals surface area contributed by atoms with Gasteiger partial charge in [-0.1, -0.05) is 109 Å². The average molecular weight is 651 g/mol. The number of fused-ring (bicyclic) bond motifs is 13. The fourth-order valence-electron chi connectivity index (χ4n) is 8.63. The van der Waals surface area contributed by atoms with Gasteiger partial charge in [-0.05, 0) is 97.7 Å². The topological polar surface area (TPSA) is 39.4 Å². The van der Waals surface area contributed by atoms with Crippen LogP contribution < -0.4 is 0 Å². The molecule has 0 bridgehead atoms. The van der Waals surface area contributed by atoms with Crippen LogP contribution in [0.1, 0.15) is 0 Å². The second-order valence-corrected chi connectivity index (χ2v) is 13.5. The summed E-state index contributed by atoms with van der Waals surface area (Å²) in [6.45, 7) is 0. The lowest BCUT2D eigenvalue weighted by Gasteiger charge is -2.19. The molecule has 3 aromatic heterocycles. The lowest BCUT2D eigenvalue weighted by Crippen LogP contribution is -1.92. The van der Waals surface area contributed by atoms with Crippen molar-refractivity contribution in [3.8, 4) is 22.3 Å². The summed E-state index contributed by atoms with van der Waals surface area (Å²) >= 11 is 0. The summed E-state index contributed by atoms with van der Waals surface area (Å²) in [5.41, 5.74) is 10.0. The summed E-state index contributed by atoms with van der Waals surface area (Å²) in [4.78, 5) is 0. The third-order valence-electron chi connectivity index (χ3n) is 10.8. The predicted octanol–water partition coefficient (Wildman–Crippen LogP) is 14.2. The molecule has 51 heavy (non-hydrogen) atoms. The Morgan fingerprint density at radius 1 is 0.255 bits per heavy atom. The Labute approximate surface area is 290 Å². The van der Waals surface area contributed by atoms with Gasteiger partial charge in [-0.3, -0.25) is 0 Å². The molecule has 0 spiro atoms. The molecule has 3 heterocycles. The van der Waals surface area contributed by atoms with E-state index in [1.807, 2.05) is 30.3 Å². The standard InChI is InChI=1S/C48H26O3/c1-3-16-34-32(14-1)46(27-21-22-31-28-11-5-8-18-41(28)49-44(31)23-27)33-15-2-4-17-35(33)47(34)38-25-39-30-13-7-10-20-43(30)51-48(39)40-26-45-37(24-36(38)40)29-12-6-9-19-42(29)50-45/h1-26H. The maximum atomic E-state index is 6.64. The highest BCUT2D eigenvalue weighted by atomic mass is 16.3. The first-order chi connectivity index (χ1) is 25.3. The van der Waals surface area contributed by atoms with Crippen molar-refractivity contribution in [1.82, 2.24) is 0 Å². The molecule has 0 aliphatic rings. The van der Waals surface area contributed by atoms with Crippen LogP contribution >= 0.6 is 0 Å². The highest BCUT2D eigenvalue weighted by Gasteiger charge is 2.23. The summed E-state index contributed by atoms with van der Waals surface area (Å²) in [6, 6.07) is 56.1. The van der Waals surface area contributed by atoms with E-state index in [1.165, 1.54) is 38.2 Å². The lowest BCUT2D eigenvalue weighted by atomic mass is 9.84. The third-order valence-corrected chi connectivity index (χ3v) is 10.8. The number of benzene rings is 9. The van der Waals surface area contributed by atoms with E-state index in [0.717, 1.165) is 82.2 Å². The van der Waals surface area contributed by atoms with Gasteiger partial charge in [0.1, 0.15) is 33.5 Å². The molecule has 3 heteroatoms. The molecule has 0 radical (unpaired) electrons. The Bertz CT molecular complexity index is 3370. The van der Waals surface area contributed by atoms with Gasteiger partial charge in [-0.2, -0.15) is 0 Å². The van der Waals surface area contributed by atoms with Crippen LogP contribution in [0.5, 0.6) is 0 Å². The Morgan fingerprint density at radius 3 is 1.33 bits per heavy atom. The number of para-hydroxylation sites is 3. The zero-order valence-corrected chi connectivity index (χ0v) is 27.2. The van der Waals surface area contributed by atoms with Crippen molar-refractivity contribution < 1.29 is 13.3 Å². The number of hydrogen-bond donors (Lipinski definition) is 0. The minimum absolute atomic E-state index is 0.855. The Hall–Kier alpha value is -6.84. The quantitative estimate of drug-likeness (QED) is 0.175. The molecule has 3 nitrogen and oxygen atoms in total. The van der Waals surface area contributed by atoms with Crippen LogP contribution in [0.2, 0.25) is 0 Å². The molecular weight excluding hydrogens is 625 g/mol. The van der Waals surface area contributed by atoms with Gasteiger partial charge in [0.2, 0.25) is 0 Å². The summed E-state index contributed by atoms with van der Waals surface area (Å²) in [7, 11) is 0. The minimum Gasteiger partial charge on any atom is -0.456 e. The van der Waals surface area contributed by atoms with Gasteiger partial charge in [0.25, 0.3) is 0 Å². The summed E-state index contributed by atoms with van der Waals surface area (Å²) in [5, 5.41) is 13.6. The highest BCUT2D eigenvalue weighted by Crippen LogP contribution is 2.49. The predicted molar refractivity (Wildman–Crippen MR) is 212 cm³/mol. The van der Waals surface area contributed by atoms with Crippen LogP contribution in [-0.2, 0) is 0 Å². The number of hydrogen-bond acceptors (Lipinski definition) is 3. The molecule has 0 aliphatic carbocycles. The maximum absolute atomic E-state index is 6.64. The van der Waals surface area contributed by atoms with Crippen LogP contribution in [0.4, 0.5) is 0 Å². The molecule has 236 valence electrons. The zero-order chi connectivity index (χ0) is 33.2. The molecular formula is C48H26O3. The van der Waals surface area contributed by atoms with E-state index in [1.54, 1.807) is 0 Å². The van der Waals surface area contributed by atoms with E-state index in [-0.39, 0.29) is 0 Å². The third kappa shape index (κ3) is 3.67. The van der Waals surface area contributed by atoms with Crippen molar-refractivity contribution in [2.75, 3.05) is 0 Å². The molecule has 0 fully saturated rings. The van der Waals surface area contributed by atoms with Gasteiger partial charge < -0.3 is 13.3 Å². The van der Waals surface area contributed by atoms with E-state index in [9.17, 15) is 0 Å². The van der Waals surface area contributed by atoms with Crippen molar-refractivity contribution in [3.05, 3.63) is 158 Å². The molecule has 0 aliphatic heterocycles. The largest absolute Gasteiger partial charge is 0.456 e. The highest BCUT2D eigenvalue weighted by molar-refractivity contribution is 6.29. The molecule has 0 N–H and O–H groups in total. The van der Waals surface area contributed by atoms with E-state index in [0.29, 0.717) is 0 Å². The first-order valence-electron chi connectivity index (χ1n) is 17.3. The van der Waals surface area contributed by atoms with E-state index >= 15 is 0 Å². The van der Waals surface area contributed by atoms with Gasteiger partial charge in [0, 0.05) is 37.7 Å². The van der Waals surface area contributed by atoms with E-state index in [4.69, 9.17) is 13.3 Å². The average Bonchev–Trinajstić information content (AvgIpc) is 3.86. The smallest absolute Gasteiger partial charge is 0.143 e. The Kier molecular flexibility index (Phi) is 5.23. The van der Waals surface area contributed by atoms with Gasteiger partial charge >= 0.3 is 0 Å². The molecule has 0 saturated heterocycles. The second kappa shape index (κ2) is 9.87. The first-order valence-corrected chi connectivity index (χ1v) is 17.3. The lowest BCUT2D eigenvalue weighted by molar-refractivity contribution is 0.667.